The third-order valence-corrected chi connectivity index (χ3v) is 3.59. The van der Waals surface area contributed by atoms with Crippen molar-refractivity contribution in [3.8, 4) is 5.75 Å². The standard InChI is InChI=1S/C16H18N2O4S/c1-2-3-8-18-15(21)12(17-16(18)23)9-11-6-4-5-7-13(11)22-10-14(19)20/h4-7,9H,2-3,8,10H2,1H3,(H,17,23)(H,19,20). The van der Waals surface area contributed by atoms with Gasteiger partial charge in [-0.3, -0.25) is 9.69 Å². The fourth-order valence-electron chi connectivity index (χ4n) is 2.12. The number of unbranched alkanes of at least 4 members (excludes halogenated alkanes) is 1. The first-order valence-electron chi connectivity index (χ1n) is 7.31. The van der Waals surface area contributed by atoms with Crippen LogP contribution in [0.1, 0.15) is 25.3 Å². The highest BCUT2D eigenvalue weighted by Gasteiger charge is 2.30. The van der Waals surface area contributed by atoms with Crippen LogP contribution in [0.2, 0.25) is 0 Å². The Morgan fingerprint density at radius 2 is 2.17 bits per heavy atom. The van der Waals surface area contributed by atoms with Crippen LogP contribution in [0.15, 0.2) is 30.0 Å². The molecule has 23 heavy (non-hydrogen) atoms. The number of amides is 1. The molecule has 1 aromatic carbocycles. The summed E-state index contributed by atoms with van der Waals surface area (Å²) in [5, 5.41) is 12.0. The summed E-state index contributed by atoms with van der Waals surface area (Å²) in [7, 11) is 0. The molecule has 122 valence electrons. The van der Waals surface area contributed by atoms with Gasteiger partial charge >= 0.3 is 5.97 Å². The number of aliphatic carboxylic acids is 1. The molecule has 2 N–H and O–H groups in total. The van der Waals surface area contributed by atoms with E-state index in [-0.39, 0.29) is 5.91 Å². The topological polar surface area (TPSA) is 78.9 Å². The van der Waals surface area contributed by atoms with Crippen molar-refractivity contribution in [3.63, 3.8) is 0 Å². The molecule has 0 unspecified atom stereocenters. The van der Waals surface area contributed by atoms with E-state index in [0.717, 1.165) is 12.8 Å². The Balaban J connectivity index is 2.20. The Morgan fingerprint density at radius 3 is 2.87 bits per heavy atom. The number of carbonyl (C=O) groups is 2. The molecular weight excluding hydrogens is 316 g/mol. The van der Waals surface area contributed by atoms with Crippen LogP contribution in [0, 0.1) is 0 Å². The molecule has 0 saturated carbocycles. The largest absolute Gasteiger partial charge is 0.481 e. The number of carbonyl (C=O) groups excluding carboxylic acids is 1. The lowest BCUT2D eigenvalue weighted by Crippen LogP contribution is -2.31. The summed E-state index contributed by atoms with van der Waals surface area (Å²) >= 11 is 5.19. The lowest BCUT2D eigenvalue weighted by molar-refractivity contribution is -0.139. The first-order chi connectivity index (χ1) is 11.0. The lowest BCUT2D eigenvalue weighted by atomic mass is 10.1. The van der Waals surface area contributed by atoms with Gasteiger partial charge in [0, 0.05) is 12.1 Å². The van der Waals surface area contributed by atoms with Gasteiger partial charge in [0.25, 0.3) is 5.91 Å². The number of nitrogens with one attached hydrogen (secondary N) is 1. The second-order valence-electron chi connectivity index (χ2n) is 5.02. The van der Waals surface area contributed by atoms with Gasteiger partial charge in [-0.1, -0.05) is 31.5 Å². The van der Waals surface area contributed by atoms with Crippen LogP contribution in [0.3, 0.4) is 0 Å². The van der Waals surface area contributed by atoms with Gasteiger partial charge in [-0.25, -0.2) is 4.79 Å². The van der Waals surface area contributed by atoms with E-state index in [4.69, 9.17) is 22.1 Å². The minimum Gasteiger partial charge on any atom is -0.481 e. The van der Waals surface area contributed by atoms with Gasteiger partial charge in [-0.15, -0.1) is 0 Å². The Kier molecular flexibility index (Phi) is 5.70. The van der Waals surface area contributed by atoms with E-state index >= 15 is 0 Å². The molecule has 1 saturated heterocycles. The minimum atomic E-state index is -1.06. The molecule has 7 heteroatoms. The van der Waals surface area contributed by atoms with Crippen molar-refractivity contribution in [2.45, 2.75) is 19.8 Å². The number of ether oxygens (including phenoxy) is 1. The minimum absolute atomic E-state index is 0.184. The summed E-state index contributed by atoms with van der Waals surface area (Å²) in [6, 6.07) is 6.92. The lowest BCUT2D eigenvalue weighted by Gasteiger charge is -2.12. The summed E-state index contributed by atoms with van der Waals surface area (Å²) < 4.78 is 5.23. The summed E-state index contributed by atoms with van der Waals surface area (Å²) in [5.41, 5.74) is 0.974. The van der Waals surface area contributed by atoms with Crippen LogP contribution >= 0.6 is 12.2 Å². The second-order valence-corrected chi connectivity index (χ2v) is 5.41. The highest BCUT2D eigenvalue weighted by atomic mass is 32.1. The molecule has 0 bridgehead atoms. The molecule has 0 radical (unpaired) electrons. The summed E-state index contributed by atoms with van der Waals surface area (Å²) in [4.78, 5) is 24.5. The van der Waals surface area contributed by atoms with Crippen molar-refractivity contribution in [2.24, 2.45) is 0 Å². The van der Waals surface area contributed by atoms with E-state index in [1.807, 2.05) is 6.92 Å². The number of hydrogen-bond acceptors (Lipinski definition) is 4. The van der Waals surface area contributed by atoms with Crippen LogP contribution in [-0.2, 0) is 9.59 Å². The molecular formula is C16H18N2O4S. The number of para-hydroxylation sites is 1. The van der Waals surface area contributed by atoms with Gasteiger partial charge in [0.15, 0.2) is 11.7 Å². The molecule has 1 heterocycles. The van der Waals surface area contributed by atoms with Crippen molar-refractivity contribution < 1.29 is 19.4 Å². The summed E-state index contributed by atoms with van der Waals surface area (Å²) in [6.07, 6.45) is 3.47. The SMILES string of the molecule is CCCCN1C(=O)C(=Cc2ccccc2OCC(=O)O)NC1=S. The number of carboxylic acid groups (broad SMARTS) is 1. The van der Waals surface area contributed by atoms with Crippen molar-refractivity contribution in [1.29, 1.82) is 0 Å². The number of carboxylic acids is 1. The average molecular weight is 334 g/mol. The number of benzene rings is 1. The fourth-order valence-corrected chi connectivity index (χ4v) is 2.40. The number of thiocarbonyl (C=S) groups is 1. The third kappa shape index (κ3) is 4.29. The van der Waals surface area contributed by atoms with Crippen molar-refractivity contribution in [3.05, 3.63) is 35.5 Å². The van der Waals surface area contributed by atoms with Crippen molar-refractivity contribution in [2.75, 3.05) is 13.2 Å². The molecule has 1 amide bonds. The third-order valence-electron chi connectivity index (χ3n) is 3.27. The van der Waals surface area contributed by atoms with Gasteiger partial charge in [0.1, 0.15) is 11.4 Å². The maximum absolute atomic E-state index is 12.4. The molecule has 1 aromatic rings. The quantitative estimate of drug-likeness (QED) is 0.587. The zero-order chi connectivity index (χ0) is 16.8. The van der Waals surface area contributed by atoms with Crippen molar-refractivity contribution >= 4 is 35.3 Å². The molecule has 0 spiro atoms. The van der Waals surface area contributed by atoms with Gasteiger partial charge < -0.3 is 15.2 Å². The molecule has 1 aliphatic rings. The predicted molar refractivity (Wildman–Crippen MR) is 89.9 cm³/mol. The van der Waals surface area contributed by atoms with Gasteiger partial charge in [0.05, 0.1) is 0 Å². The number of hydrogen-bond donors (Lipinski definition) is 2. The molecule has 1 fully saturated rings. The zero-order valence-corrected chi connectivity index (χ0v) is 13.6. The molecule has 6 nitrogen and oxygen atoms in total. The maximum atomic E-state index is 12.4. The van der Waals surface area contributed by atoms with Crippen LogP contribution < -0.4 is 10.1 Å². The monoisotopic (exact) mass is 334 g/mol. The first-order valence-corrected chi connectivity index (χ1v) is 7.72. The second kappa shape index (κ2) is 7.73. The highest BCUT2D eigenvalue weighted by molar-refractivity contribution is 7.80. The Bertz CT molecular complexity index is 657. The van der Waals surface area contributed by atoms with E-state index in [1.54, 1.807) is 30.3 Å². The van der Waals surface area contributed by atoms with E-state index in [0.29, 0.717) is 28.7 Å². The molecule has 1 aliphatic heterocycles. The van der Waals surface area contributed by atoms with Gasteiger partial charge in [-0.05, 0) is 30.8 Å². The van der Waals surface area contributed by atoms with E-state index in [1.165, 1.54) is 4.90 Å². The van der Waals surface area contributed by atoms with E-state index in [2.05, 4.69) is 5.32 Å². The highest BCUT2D eigenvalue weighted by Crippen LogP contribution is 2.22. The maximum Gasteiger partial charge on any atom is 0.341 e. The number of rotatable bonds is 7. The Morgan fingerprint density at radius 1 is 1.43 bits per heavy atom. The van der Waals surface area contributed by atoms with Gasteiger partial charge in [-0.2, -0.15) is 0 Å². The van der Waals surface area contributed by atoms with Crippen LogP contribution in [-0.4, -0.2) is 40.1 Å². The molecule has 0 aromatic heterocycles. The Hall–Kier alpha value is -2.41. The zero-order valence-electron chi connectivity index (χ0n) is 12.7. The summed E-state index contributed by atoms with van der Waals surface area (Å²) in [6.45, 7) is 2.18. The average Bonchev–Trinajstić information content (AvgIpc) is 2.78. The predicted octanol–water partition coefficient (Wildman–Crippen LogP) is 2.01. The fraction of sp³-hybridized carbons (Fsp3) is 0.312. The number of nitrogens with zero attached hydrogens (tertiary/aromatic N) is 1. The molecule has 0 atom stereocenters. The molecule has 2 rings (SSSR count). The first kappa shape index (κ1) is 17.0. The van der Waals surface area contributed by atoms with Crippen LogP contribution in [0.5, 0.6) is 5.75 Å². The smallest absolute Gasteiger partial charge is 0.341 e. The van der Waals surface area contributed by atoms with Gasteiger partial charge in [0.2, 0.25) is 0 Å². The summed E-state index contributed by atoms with van der Waals surface area (Å²) in [5.74, 6) is -0.846. The van der Waals surface area contributed by atoms with E-state index in [9.17, 15) is 9.59 Å². The Labute approximate surface area is 139 Å². The normalized spacial score (nSPS) is 15.9. The van der Waals surface area contributed by atoms with Crippen molar-refractivity contribution in [1.82, 2.24) is 10.2 Å². The molecule has 0 aliphatic carbocycles. The van der Waals surface area contributed by atoms with Crippen LogP contribution in [0.25, 0.3) is 6.08 Å². The van der Waals surface area contributed by atoms with E-state index < -0.39 is 12.6 Å². The van der Waals surface area contributed by atoms with Crippen LogP contribution in [0.4, 0.5) is 0 Å².